The normalized spacial score (nSPS) is 17.3. The average Bonchev–Trinajstić information content (AvgIpc) is 2.62. The predicted octanol–water partition coefficient (Wildman–Crippen LogP) is 4.91. The van der Waals surface area contributed by atoms with Crippen LogP contribution in [0.4, 0.5) is 4.39 Å². The number of aliphatic imine (C=N–C) groups is 1. The minimum absolute atomic E-state index is 0.0367. The fourth-order valence-electron chi connectivity index (χ4n) is 2.80. The highest BCUT2D eigenvalue weighted by Gasteiger charge is 2.19. The molecular weight excluding hydrogens is 313 g/mol. The molecule has 3 rings (SSSR count). The molecule has 0 aromatic heterocycles. The molecule has 1 aliphatic carbocycles. The molecule has 0 aliphatic heterocycles. The van der Waals surface area contributed by atoms with E-state index in [1.165, 1.54) is 12.3 Å². The molecule has 0 fully saturated rings. The molecule has 126 valence electrons. The molecule has 0 bridgehead atoms. The molecule has 0 N–H and O–H groups in total. The first-order valence-electron chi connectivity index (χ1n) is 8.41. The molecule has 0 radical (unpaired) electrons. The number of allylic oxidation sites excluding steroid dienone is 3. The zero-order valence-corrected chi connectivity index (χ0v) is 14.2. The van der Waals surface area contributed by atoms with Gasteiger partial charge in [-0.05, 0) is 24.0 Å². The number of hydrogen-bond donors (Lipinski definition) is 0. The van der Waals surface area contributed by atoms with Crippen LogP contribution in [0.2, 0.25) is 0 Å². The minimum Gasteiger partial charge on any atom is -0.294 e. The first-order valence-corrected chi connectivity index (χ1v) is 8.41. The van der Waals surface area contributed by atoms with E-state index >= 15 is 0 Å². The molecule has 0 saturated heterocycles. The fourth-order valence-corrected chi connectivity index (χ4v) is 2.80. The van der Waals surface area contributed by atoms with Crippen LogP contribution in [0.5, 0.6) is 0 Å². The Morgan fingerprint density at radius 3 is 2.64 bits per heavy atom. The monoisotopic (exact) mass is 333 g/mol. The maximum atomic E-state index is 13.8. The fraction of sp³-hybridized carbons (Fsp3) is 0.182. The van der Waals surface area contributed by atoms with Crippen molar-refractivity contribution in [3.8, 4) is 0 Å². The van der Waals surface area contributed by atoms with E-state index < -0.39 is 0 Å². The Hall–Kier alpha value is -2.81. The number of carbonyl (C=O) groups excluding carboxylic acids is 1. The van der Waals surface area contributed by atoms with Crippen molar-refractivity contribution in [2.45, 2.75) is 19.8 Å². The van der Waals surface area contributed by atoms with Crippen LogP contribution in [-0.4, -0.2) is 12.0 Å². The van der Waals surface area contributed by atoms with Crippen molar-refractivity contribution in [2.75, 3.05) is 0 Å². The van der Waals surface area contributed by atoms with Gasteiger partial charge in [-0.25, -0.2) is 4.39 Å². The van der Waals surface area contributed by atoms with Gasteiger partial charge in [-0.1, -0.05) is 67.6 Å². The summed E-state index contributed by atoms with van der Waals surface area (Å²) in [6, 6.07) is 16.1. The van der Waals surface area contributed by atoms with Crippen LogP contribution in [-0.2, 0) is 11.2 Å². The molecule has 1 aliphatic rings. The van der Waals surface area contributed by atoms with Gasteiger partial charge in [0, 0.05) is 23.8 Å². The second kappa shape index (κ2) is 7.84. The Morgan fingerprint density at radius 1 is 1.16 bits per heavy atom. The first-order chi connectivity index (χ1) is 12.1. The summed E-state index contributed by atoms with van der Waals surface area (Å²) in [5.74, 6) is 0.00832. The number of halogens is 1. The molecule has 0 amide bonds. The Morgan fingerprint density at radius 2 is 1.88 bits per heavy atom. The molecular formula is C22H20FNO. The number of hydrogen-bond acceptors (Lipinski definition) is 2. The Balaban J connectivity index is 1.81. The third-order valence-corrected chi connectivity index (χ3v) is 4.17. The third kappa shape index (κ3) is 4.38. The van der Waals surface area contributed by atoms with E-state index in [0.717, 1.165) is 12.0 Å². The van der Waals surface area contributed by atoms with E-state index in [1.54, 1.807) is 18.2 Å². The summed E-state index contributed by atoms with van der Waals surface area (Å²) in [6.07, 6.45) is 6.58. The molecule has 2 aromatic carbocycles. The highest BCUT2D eigenvalue weighted by molar-refractivity contribution is 6.01. The Kier molecular flexibility index (Phi) is 5.34. The van der Waals surface area contributed by atoms with Crippen molar-refractivity contribution < 1.29 is 9.18 Å². The van der Waals surface area contributed by atoms with Gasteiger partial charge >= 0.3 is 0 Å². The van der Waals surface area contributed by atoms with Crippen LogP contribution in [0.1, 0.15) is 24.5 Å². The summed E-state index contributed by atoms with van der Waals surface area (Å²) in [5, 5.41) is 0. The maximum absolute atomic E-state index is 13.8. The van der Waals surface area contributed by atoms with Gasteiger partial charge in [-0.3, -0.25) is 9.79 Å². The van der Waals surface area contributed by atoms with Crippen molar-refractivity contribution in [2.24, 2.45) is 10.9 Å². The first kappa shape index (κ1) is 17.0. The molecule has 0 heterocycles. The summed E-state index contributed by atoms with van der Waals surface area (Å²) in [6.45, 7) is 2.07. The van der Waals surface area contributed by atoms with Gasteiger partial charge in [0.1, 0.15) is 5.82 Å². The van der Waals surface area contributed by atoms with Crippen LogP contribution in [0.3, 0.4) is 0 Å². The molecule has 2 nitrogen and oxygen atoms in total. The lowest BCUT2D eigenvalue weighted by molar-refractivity contribution is -0.114. The maximum Gasteiger partial charge on any atom is 0.169 e. The van der Waals surface area contributed by atoms with E-state index in [2.05, 4.69) is 11.9 Å². The number of benzene rings is 2. The lowest BCUT2D eigenvalue weighted by Gasteiger charge is -2.16. The third-order valence-electron chi connectivity index (χ3n) is 4.17. The molecule has 1 atom stereocenters. The lowest BCUT2D eigenvalue weighted by atomic mass is 9.91. The zero-order valence-electron chi connectivity index (χ0n) is 14.2. The Labute approximate surface area is 147 Å². The quantitative estimate of drug-likeness (QED) is 0.715. The van der Waals surface area contributed by atoms with Gasteiger partial charge < -0.3 is 0 Å². The largest absolute Gasteiger partial charge is 0.294 e. The van der Waals surface area contributed by atoms with E-state index in [-0.39, 0.29) is 11.6 Å². The van der Waals surface area contributed by atoms with Crippen molar-refractivity contribution in [1.82, 2.24) is 0 Å². The number of Topliss-reactive ketones (excluding diaryl/α,β-unsaturated/α-hetero) is 1. The summed E-state index contributed by atoms with van der Waals surface area (Å²) >= 11 is 0. The summed E-state index contributed by atoms with van der Waals surface area (Å²) in [7, 11) is 0. The van der Waals surface area contributed by atoms with E-state index in [0.29, 0.717) is 29.2 Å². The number of nitrogens with zero attached hydrogens (tertiary/aromatic N) is 1. The molecule has 0 spiro atoms. The topological polar surface area (TPSA) is 29.4 Å². The van der Waals surface area contributed by atoms with Gasteiger partial charge in [0.2, 0.25) is 0 Å². The minimum atomic E-state index is -0.322. The second-order valence-corrected chi connectivity index (χ2v) is 6.25. The van der Waals surface area contributed by atoms with Gasteiger partial charge in [-0.15, -0.1) is 0 Å². The predicted molar refractivity (Wildman–Crippen MR) is 99.1 cm³/mol. The van der Waals surface area contributed by atoms with Gasteiger partial charge in [0.15, 0.2) is 5.78 Å². The number of rotatable bonds is 5. The highest BCUT2D eigenvalue weighted by Crippen LogP contribution is 2.25. The lowest BCUT2D eigenvalue weighted by Crippen LogP contribution is -2.12. The van der Waals surface area contributed by atoms with Gasteiger partial charge in [0.25, 0.3) is 0 Å². The molecule has 2 aromatic rings. The SMILES string of the molecule is CC1C=C(C(=O)Cc2ccccc2)C(/N=C/c2ccccc2F)=CC1. The summed E-state index contributed by atoms with van der Waals surface area (Å²) in [5.41, 5.74) is 2.64. The highest BCUT2D eigenvalue weighted by atomic mass is 19.1. The molecule has 25 heavy (non-hydrogen) atoms. The smallest absolute Gasteiger partial charge is 0.169 e. The Bertz CT molecular complexity index is 849. The van der Waals surface area contributed by atoms with Crippen LogP contribution in [0.15, 0.2) is 83.0 Å². The second-order valence-electron chi connectivity index (χ2n) is 6.25. The van der Waals surface area contributed by atoms with Crippen LogP contribution in [0.25, 0.3) is 0 Å². The number of carbonyl (C=O) groups is 1. The van der Waals surface area contributed by atoms with Gasteiger partial charge in [-0.2, -0.15) is 0 Å². The molecule has 3 heteroatoms. The zero-order chi connectivity index (χ0) is 17.6. The van der Waals surface area contributed by atoms with E-state index in [4.69, 9.17) is 0 Å². The standard InChI is InChI=1S/C22H20FNO/c1-16-11-12-21(24-15-18-9-5-6-10-20(18)23)19(13-16)22(25)14-17-7-3-2-4-8-17/h2-10,12-13,15-16H,11,14H2,1H3/b24-15+. The van der Waals surface area contributed by atoms with Crippen LogP contribution >= 0.6 is 0 Å². The summed E-state index contributed by atoms with van der Waals surface area (Å²) < 4.78 is 13.8. The van der Waals surface area contributed by atoms with Crippen LogP contribution < -0.4 is 0 Å². The van der Waals surface area contributed by atoms with Crippen molar-refractivity contribution in [3.05, 3.63) is 95.0 Å². The van der Waals surface area contributed by atoms with Crippen molar-refractivity contribution >= 4 is 12.0 Å². The van der Waals surface area contributed by atoms with Gasteiger partial charge in [0.05, 0.1) is 5.70 Å². The van der Waals surface area contributed by atoms with E-state index in [1.807, 2.05) is 42.5 Å². The van der Waals surface area contributed by atoms with E-state index in [9.17, 15) is 9.18 Å². The number of ketones is 1. The van der Waals surface area contributed by atoms with Crippen LogP contribution in [0, 0.1) is 11.7 Å². The molecule has 1 unspecified atom stereocenters. The van der Waals surface area contributed by atoms with Crippen molar-refractivity contribution in [1.29, 1.82) is 0 Å². The summed E-state index contributed by atoms with van der Waals surface area (Å²) in [4.78, 5) is 17.1. The average molecular weight is 333 g/mol. The van der Waals surface area contributed by atoms with Crippen molar-refractivity contribution in [3.63, 3.8) is 0 Å². The molecule has 0 saturated carbocycles.